The first-order chi connectivity index (χ1) is 9.60. The summed E-state index contributed by atoms with van der Waals surface area (Å²) in [6, 6.07) is 5.61. The molecule has 1 aromatic carbocycles. The molecule has 20 heavy (non-hydrogen) atoms. The molecule has 1 amide bonds. The molecule has 1 unspecified atom stereocenters. The van der Waals surface area contributed by atoms with Crippen LogP contribution in [0.2, 0.25) is 0 Å². The van der Waals surface area contributed by atoms with Crippen molar-refractivity contribution in [2.45, 2.75) is 26.5 Å². The molecule has 6 heteroatoms. The number of carbonyl (C=O) groups excluding carboxylic acids is 1. The maximum absolute atomic E-state index is 11.7. The average Bonchev–Trinajstić information content (AvgIpc) is 2.80. The van der Waals surface area contributed by atoms with Crippen molar-refractivity contribution in [3.63, 3.8) is 0 Å². The first-order valence-corrected chi connectivity index (χ1v) is 6.46. The number of hydrogen-bond donors (Lipinski definition) is 3. The van der Waals surface area contributed by atoms with Crippen molar-refractivity contribution in [3.05, 3.63) is 29.5 Å². The van der Waals surface area contributed by atoms with Gasteiger partial charge in [0.25, 0.3) is 5.91 Å². The summed E-state index contributed by atoms with van der Waals surface area (Å²) in [5, 5.41) is 10.0. The molecule has 104 valence electrons. The highest BCUT2D eigenvalue weighted by Crippen LogP contribution is 2.34. The number of aromatic nitrogens is 2. The van der Waals surface area contributed by atoms with Crippen LogP contribution in [0.15, 0.2) is 18.2 Å². The van der Waals surface area contributed by atoms with Gasteiger partial charge in [0.1, 0.15) is 5.75 Å². The molecule has 1 aliphatic heterocycles. The van der Waals surface area contributed by atoms with Crippen LogP contribution in [0.5, 0.6) is 5.75 Å². The fourth-order valence-electron chi connectivity index (χ4n) is 2.30. The van der Waals surface area contributed by atoms with E-state index < -0.39 is 6.10 Å². The summed E-state index contributed by atoms with van der Waals surface area (Å²) < 4.78 is 5.53. The Morgan fingerprint density at radius 1 is 1.45 bits per heavy atom. The zero-order valence-corrected chi connectivity index (χ0v) is 11.4. The molecule has 2 heterocycles. The predicted octanol–water partition coefficient (Wildman–Crippen LogP) is 1.56. The molecule has 4 N–H and O–H groups in total. The Bertz CT molecular complexity index is 678. The second kappa shape index (κ2) is 4.64. The highest BCUT2D eigenvalue weighted by Gasteiger charge is 2.24. The standard InChI is InChI=1S/C14H16N4O2/c1-7-10(6-15)13(18-17-7)9-3-4-12-11(5-9)16-14(19)8(2)20-12/h3-5,8H,6,15H2,1-2H3,(H,16,19)(H,17,18). The fourth-order valence-corrected chi connectivity index (χ4v) is 2.30. The molecule has 3 rings (SSSR count). The first kappa shape index (κ1) is 12.7. The molecule has 0 saturated carbocycles. The van der Waals surface area contributed by atoms with Crippen LogP contribution in [0.1, 0.15) is 18.2 Å². The minimum absolute atomic E-state index is 0.146. The van der Waals surface area contributed by atoms with Gasteiger partial charge in [-0.25, -0.2) is 0 Å². The molecule has 1 aliphatic rings. The predicted molar refractivity (Wildman–Crippen MR) is 75.4 cm³/mol. The van der Waals surface area contributed by atoms with E-state index in [0.29, 0.717) is 18.0 Å². The quantitative estimate of drug-likeness (QED) is 0.773. The fraction of sp³-hybridized carbons (Fsp3) is 0.286. The number of nitrogens with zero attached hydrogens (tertiary/aromatic N) is 1. The van der Waals surface area contributed by atoms with Gasteiger partial charge in [-0.2, -0.15) is 5.10 Å². The van der Waals surface area contributed by atoms with Gasteiger partial charge < -0.3 is 15.8 Å². The third-order valence-corrected chi connectivity index (χ3v) is 3.46. The van der Waals surface area contributed by atoms with Crippen molar-refractivity contribution < 1.29 is 9.53 Å². The van der Waals surface area contributed by atoms with E-state index in [1.54, 1.807) is 6.92 Å². The van der Waals surface area contributed by atoms with Crippen LogP contribution in [-0.2, 0) is 11.3 Å². The normalized spacial score (nSPS) is 17.4. The molecule has 1 aromatic heterocycles. The highest BCUT2D eigenvalue weighted by molar-refractivity contribution is 5.98. The summed E-state index contributed by atoms with van der Waals surface area (Å²) in [6.07, 6.45) is -0.472. The van der Waals surface area contributed by atoms with Crippen molar-refractivity contribution in [2.75, 3.05) is 5.32 Å². The molecule has 6 nitrogen and oxygen atoms in total. The third kappa shape index (κ3) is 1.94. The number of aromatic amines is 1. The Kier molecular flexibility index (Phi) is 2.94. The van der Waals surface area contributed by atoms with Crippen LogP contribution in [0.4, 0.5) is 5.69 Å². The van der Waals surface area contributed by atoms with Gasteiger partial charge in [0.05, 0.1) is 11.4 Å². The van der Waals surface area contributed by atoms with E-state index in [1.807, 2.05) is 25.1 Å². The van der Waals surface area contributed by atoms with Crippen LogP contribution in [0.25, 0.3) is 11.3 Å². The number of anilines is 1. The van der Waals surface area contributed by atoms with Gasteiger partial charge in [0.2, 0.25) is 0 Å². The van der Waals surface area contributed by atoms with Crippen LogP contribution in [0, 0.1) is 6.92 Å². The summed E-state index contributed by atoms with van der Waals surface area (Å²) >= 11 is 0. The van der Waals surface area contributed by atoms with Crippen molar-refractivity contribution >= 4 is 11.6 Å². The minimum atomic E-state index is -0.472. The molecular weight excluding hydrogens is 256 g/mol. The van der Waals surface area contributed by atoms with E-state index in [0.717, 1.165) is 22.5 Å². The molecular formula is C14H16N4O2. The monoisotopic (exact) mass is 272 g/mol. The second-order valence-electron chi connectivity index (χ2n) is 4.84. The van der Waals surface area contributed by atoms with E-state index in [1.165, 1.54) is 0 Å². The van der Waals surface area contributed by atoms with Crippen molar-refractivity contribution in [3.8, 4) is 17.0 Å². The van der Waals surface area contributed by atoms with Gasteiger partial charge in [-0.1, -0.05) is 0 Å². The van der Waals surface area contributed by atoms with Gasteiger partial charge in [0.15, 0.2) is 6.10 Å². The van der Waals surface area contributed by atoms with Gasteiger partial charge in [-0.3, -0.25) is 9.89 Å². The second-order valence-corrected chi connectivity index (χ2v) is 4.84. The van der Waals surface area contributed by atoms with E-state index in [4.69, 9.17) is 10.5 Å². The van der Waals surface area contributed by atoms with Crippen molar-refractivity contribution in [1.82, 2.24) is 10.2 Å². The summed E-state index contributed by atoms with van der Waals surface area (Å²) in [5.41, 5.74) is 10.0. The Hall–Kier alpha value is -2.34. The van der Waals surface area contributed by atoms with E-state index in [-0.39, 0.29) is 5.91 Å². The lowest BCUT2D eigenvalue weighted by atomic mass is 10.0. The van der Waals surface area contributed by atoms with Gasteiger partial charge in [0, 0.05) is 23.4 Å². The molecule has 0 bridgehead atoms. The molecule has 2 aromatic rings. The van der Waals surface area contributed by atoms with Gasteiger partial charge >= 0.3 is 0 Å². The topological polar surface area (TPSA) is 93.0 Å². The van der Waals surface area contributed by atoms with Gasteiger partial charge in [-0.05, 0) is 32.0 Å². The summed E-state index contributed by atoms with van der Waals surface area (Å²) in [6.45, 7) is 4.06. The zero-order valence-electron chi connectivity index (χ0n) is 11.4. The van der Waals surface area contributed by atoms with Crippen LogP contribution in [-0.4, -0.2) is 22.2 Å². The number of benzene rings is 1. The Morgan fingerprint density at radius 3 is 3.00 bits per heavy atom. The number of nitrogens with two attached hydrogens (primary N) is 1. The van der Waals surface area contributed by atoms with E-state index in [9.17, 15) is 4.79 Å². The maximum atomic E-state index is 11.7. The summed E-state index contributed by atoms with van der Waals surface area (Å²) in [7, 11) is 0. The number of rotatable bonds is 2. The van der Waals surface area contributed by atoms with Crippen LogP contribution < -0.4 is 15.8 Å². The lowest BCUT2D eigenvalue weighted by molar-refractivity contribution is -0.122. The number of fused-ring (bicyclic) bond motifs is 1. The number of carbonyl (C=O) groups is 1. The molecule has 0 fully saturated rings. The minimum Gasteiger partial charge on any atom is -0.479 e. The Balaban J connectivity index is 2.04. The Labute approximate surface area is 116 Å². The smallest absolute Gasteiger partial charge is 0.265 e. The van der Waals surface area contributed by atoms with Gasteiger partial charge in [-0.15, -0.1) is 0 Å². The van der Waals surface area contributed by atoms with Crippen molar-refractivity contribution in [2.24, 2.45) is 5.73 Å². The van der Waals surface area contributed by atoms with Crippen LogP contribution in [0.3, 0.4) is 0 Å². The van der Waals surface area contributed by atoms with Crippen molar-refractivity contribution in [1.29, 1.82) is 0 Å². The molecule has 0 aliphatic carbocycles. The first-order valence-electron chi connectivity index (χ1n) is 6.46. The number of nitrogens with one attached hydrogen (secondary N) is 2. The molecule has 1 atom stereocenters. The molecule has 0 spiro atoms. The summed E-state index contributed by atoms with van der Waals surface area (Å²) in [5.74, 6) is 0.523. The maximum Gasteiger partial charge on any atom is 0.265 e. The van der Waals surface area contributed by atoms with E-state index >= 15 is 0 Å². The number of amides is 1. The largest absolute Gasteiger partial charge is 0.479 e. The summed E-state index contributed by atoms with van der Waals surface area (Å²) in [4.78, 5) is 11.7. The zero-order chi connectivity index (χ0) is 14.3. The number of aryl methyl sites for hydroxylation is 1. The molecule has 0 saturated heterocycles. The van der Waals surface area contributed by atoms with E-state index in [2.05, 4.69) is 15.5 Å². The SMILES string of the molecule is Cc1[nH]nc(-c2ccc3c(c2)NC(=O)C(C)O3)c1CN. The lowest BCUT2D eigenvalue weighted by Gasteiger charge is -2.23. The number of hydrogen-bond acceptors (Lipinski definition) is 4. The van der Waals surface area contributed by atoms with Crippen LogP contribution >= 0.6 is 0 Å². The number of ether oxygens (including phenoxy) is 1. The number of H-pyrrole nitrogens is 1. The Morgan fingerprint density at radius 2 is 2.25 bits per heavy atom. The lowest BCUT2D eigenvalue weighted by Crippen LogP contribution is -2.34. The molecule has 0 radical (unpaired) electrons. The third-order valence-electron chi connectivity index (χ3n) is 3.46. The highest BCUT2D eigenvalue weighted by atomic mass is 16.5. The average molecular weight is 272 g/mol.